The third-order valence-corrected chi connectivity index (χ3v) is 6.37. The lowest BCUT2D eigenvalue weighted by molar-refractivity contribution is 0.261. The molecule has 0 aliphatic carbocycles. The maximum absolute atomic E-state index is 11.3. The van der Waals surface area contributed by atoms with Gasteiger partial charge in [0.15, 0.2) is 0 Å². The first-order chi connectivity index (χ1) is 14.4. The number of benzene rings is 2. The van der Waals surface area contributed by atoms with Gasteiger partial charge in [-0.15, -0.1) is 0 Å². The van der Waals surface area contributed by atoms with Crippen molar-refractivity contribution in [3.05, 3.63) is 71.4 Å². The van der Waals surface area contributed by atoms with Crippen molar-refractivity contribution < 1.29 is 8.42 Å². The van der Waals surface area contributed by atoms with Crippen LogP contribution in [-0.4, -0.2) is 51.0 Å². The average molecular weight is 425 g/mol. The lowest BCUT2D eigenvalue weighted by Crippen LogP contribution is -2.47. The van der Waals surface area contributed by atoms with E-state index in [-0.39, 0.29) is 5.75 Å². The molecule has 158 valence electrons. The van der Waals surface area contributed by atoms with Gasteiger partial charge in [0.25, 0.3) is 0 Å². The van der Waals surface area contributed by atoms with Gasteiger partial charge in [-0.1, -0.05) is 30.3 Å². The number of pyridine rings is 1. The highest BCUT2D eigenvalue weighted by Gasteiger charge is 2.18. The molecule has 4 rings (SSSR count). The predicted octanol–water partition coefficient (Wildman–Crippen LogP) is 2.70. The van der Waals surface area contributed by atoms with Gasteiger partial charge in [0.05, 0.1) is 11.3 Å². The number of nitrogens with two attached hydrogens (primary N) is 1. The number of hydrogen-bond donors (Lipinski definition) is 1. The highest BCUT2D eigenvalue weighted by molar-refractivity contribution is 7.88. The van der Waals surface area contributed by atoms with Crippen molar-refractivity contribution in [2.24, 2.45) is 5.14 Å². The van der Waals surface area contributed by atoms with E-state index in [2.05, 4.69) is 45.1 Å². The first-order valence-corrected chi connectivity index (χ1v) is 12.0. The Kier molecular flexibility index (Phi) is 6.04. The topological polar surface area (TPSA) is 79.5 Å². The number of sulfonamides is 1. The molecular weight excluding hydrogens is 396 g/mol. The molecule has 3 aromatic rings. The fraction of sp³-hybridized carbons (Fsp3) is 0.348. The molecule has 1 saturated heterocycles. The number of primary sulfonamides is 1. The third-order valence-electron chi connectivity index (χ3n) is 5.64. The lowest BCUT2D eigenvalue weighted by atomic mass is 10.1. The van der Waals surface area contributed by atoms with Gasteiger partial charge in [0.1, 0.15) is 0 Å². The van der Waals surface area contributed by atoms with Gasteiger partial charge in [-0.3, -0.25) is 9.88 Å². The van der Waals surface area contributed by atoms with Crippen molar-refractivity contribution in [1.82, 2.24) is 9.88 Å². The molecule has 0 bridgehead atoms. The fourth-order valence-electron chi connectivity index (χ4n) is 4.12. The van der Waals surface area contributed by atoms with Crippen LogP contribution in [0.25, 0.3) is 10.9 Å². The minimum Gasteiger partial charge on any atom is -0.368 e. The minimum absolute atomic E-state index is 0.112. The summed E-state index contributed by atoms with van der Waals surface area (Å²) < 4.78 is 22.6. The van der Waals surface area contributed by atoms with E-state index in [1.54, 1.807) is 0 Å². The van der Waals surface area contributed by atoms with Crippen LogP contribution in [0, 0.1) is 6.92 Å². The van der Waals surface area contributed by atoms with Crippen molar-refractivity contribution >= 4 is 26.6 Å². The number of nitrogens with zero attached hydrogens (tertiary/aromatic N) is 3. The molecule has 7 heteroatoms. The Balaban J connectivity index is 1.35. The van der Waals surface area contributed by atoms with E-state index in [0.29, 0.717) is 0 Å². The quantitative estimate of drug-likeness (QED) is 0.658. The summed E-state index contributed by atoms with van der Waals surface area (Å²) in [5, 5.41) is 6.38. The molecule has 6 nitrogen and oxygen atoms in total. The summed E-state index contributed by atoms with van der Waals surface area (Å²) in [5.41, 5.74) is 5.25. The van der Waals surface area contributed by atoms with Crippen LogP contribution in [0.4, 0.5) is 5.69 Å². The van der Waals surface area contributed by atoms with E-state index in [9.17, 15) is 8.42 Å². The van der Waals surface area contributed by atoms with Gasteiger partial charge in [-0.25, -0.2) is 13.6 Å². The van der Waals surface area contributed by atoms with Gasteiger partial charge in [0.2, 0.25) is 10.0 Å². The van der Waals surface area contributed by atoms with Crippen LogP contribution in [0.5, 0.6) is 0 Å². The third kappa shape index (κ3) is 5.16. The standard InChI is InChI=1S/C23H28N4O2S/c1-18-8-9-21-22(25-18)6-3-7-23(21)27-14-12-26(13-15-27)11-10-19-4-2-5-20(16-19)17-30(24,28)29/h2-9,16H,10-15,17H2,1H3,(H2,24,28,29). The Morgan fingerprint density at radius 2 is 1.70 bits per heavy atom. The van der Waals surface area contributed by atoms with Crippen LogP contribution in [0.15, 0.2) is 54.6 Å². The number of anilines is 1. The van der Waals surface area contributed by atoms with Crippen LogP contribution >= 0.6 is 0 Å². The zero-order valence-corrected chi connectivity index (χ0v) is 18.1. The van der Waals surface area contributed by atoms with Crippen LogP contribution < -0.4 is 10.0 Å². The molecule has 1 fully saturated rings. The van der Waals surface area contributed by atoms with E-state index >= 15 is 0 Å². The van der Waals surface area contributed by atoms with Gasteiger partial charge in [0, 0.05) is 49.5 Å². The van der Waals surface area contributed by atoms with E-state index in [1.165, 1.54) is 11.1 Å². The Morgan fingerprint density at radius 1 is 0.967 bits per heavy atom. The number of aryl methyl sites for hydroxylation is 1. The van der Waals surface area contributed by atoms with Crippen LogP contribution in [0.3, 0.4) is 0 Å². The molecule has 1 aromatic heterocycles. The van der Waals surface area contributed by atoms with Crippen molar-refractivity contribution in [2.75, 3.05) is 37.6 Å². The SMILES string of the molecule is Cc1ccc2c(N3CCN(CCc4cccc(CS(N)(=O)=O)c4)CC3)cccc2n1. The maximum atomic E-state index is 11.3. The van der Waals surface area contributed by atoms with Crippen LogP contribution in [0.1, 0.15) is 16.8 Å². The number of fused-ring (bicyclic) bond motifs is 1. The summed E-state index contributed by atoms with van der Waals surface area (Å²) >= 11 is 0. The van der Waals surface area contributed by atoms with Crippen molar-refractivity contribution in [3.8, 4) is 0 Å². The first kappa shape index (κ1) is 20.8. The molecule has 30 heavy (non-hydrogen) atoms. The monoisotopic (exact) mass is 424 g/mol. The summed E-state index contributed by atoms with van der Waals surface area (Å²) in [6.07, 6.45) is 0.899. The molecule has 0 unspecified atom stereocenters. The average Bonchev–Trinajstić information content (AvgIpc) is 2.71. The molecule has 0 saturated carbocycles. The highest BCUT2D eigenvalue weighted by atomic mass is 32.2. The second-order valence-corrected chi connectivity index (χ2v) is 9.62. The normalized spacial score (nSPS) is 15.6. The molecular formula is C23H28N4O2S. The molecule has 2 heterocycles. The summed E-state index contributed by atoms with van der Waals surface area (Å²) in [6.45, 7) is 6.97. The molecule has 2 aromatic carbocycles. The van der Waals surface area contributed by atoms with Gasteiger partial charge in [-0.2, -0.15) is 0 Å². The number of hydrogen-bond acceptors (Lipinski definition) is 5. The van der Waals surface area contributed by atoms with Gasteiger partial charge in [-0.05, 0) is 48.7 Å². The lowest BCUT2D eigenvalue weighted by Gasteiger charge is -2.36. The van der Waals surface area contributed by atoms with Gasteiger partial charge < -0.3 is 4.90 Å². The van der Waals surface area contributed by atoms with Crippen molar-refractivity contribution in [3.63, 3.8) is 0 Å². The predicted molar refractivity (Wildman–Crippen MR) is 122 cm³/mol. The zero-order chi connectivity index (χ0) is 21.1. The number of piperazine rings is 1. The fourth-order valence-corrected chi connectivity index (χ4v) is 4.77. The summed E-state index contributed by atoms with van der Waals surface area (Å²) in [4.78, 5) is 9.57. The van der Waals surface area contributed by atoms with Gasteiger partial charge >= 0.3 is 0 Å². The summed E-state index contributed by atoms with van der Waals surface area (Å²) in [5.74, 6) is -0.112. The second-order valence-electron chi connectivity index (χ2n) is 8.00. The highest BCUT2D eigenvalue weighted by Crippen LogP contribution is 2.27. The van der Waals surface area contributed by atoms with E-state index in [0.717, 1.165) is 61.5 Å². The van der Waals surface area contributed by atoms with E-state index in [4.69, 9.17) is 5.14 Å². The molecule has 1 aliphatic rings. The Bertz CT molecular complexity index is 1140. The number of rotatable bonds is 6. The number of aromatic nitrogens is 1. The Hall–Kier alpha value is -2.48. The van der Waals surface area contributed by atoms with Crippen molar-refractivity contribution in [1.29, 1.82) is 0 Å². The maximum Gasteiger partial charge on any atom is 0.213 e. The Morgan fingerprint density at radius 3 is 2.47 bits per heavy atom. The van der Waals surface area contributed by atoms with Crippen molar-refractivity contribution in [2.45, 2.75) is 19.1 Å². The summed E-state index contributed by atoms with van der Waals surface area (Å²) in [6, 6.07) is 18.3. The first-order valence-electron chi connectivity index (χ1n) is 10.3. The second kappa shape index (κ2) is 8.71. The Labute approximate surface area is 178 Å². The molecule has 1 aliphatic heterocycles. The van der Waals surface area contributed by atoms with E-state index in [1.807, 2.05) is 31.2 Å². The zero-order valence-electron chi connectivity index (χ0n) is 17.3. The van der Waals surface area contributed by atoms with E-state index < -0.39 is 10.0 Å². The minimum atomic E-state index is -3.50. The summed E-state index contributed by atoms with van der Waals surface area (Å²) in [7, 11) is -3.50. The van der Waals surface area contributed by atoms with Crippen LogP contribution in [0.2, 0.25) is 0 Å². The molecule has 0 amide bonds. The largest absolute Gasteiger partial charge is 0.368 e. The molecule has 0 radical (unpaired) electrons. The van der Waals surface area contributed by atoms with Crippen LogP contribution in [-0.2, 0) is 22.2 Å². The molecule has 0 spiro atoms. The molecule has 0 atom stereocenters. The molecule has 2 N–H and O–H groups in total. The smallest absolute Gasteiger partial charge is 0.213 e.